The molecule has 8 heteroatoms. The average Bonchev–Trinajstić information content (AvgIpc) is 3.38. The molecule has 1 N–H and O–H groups in total. The van der Waals surface area contributed by atoms with Crippen molar-refractivity contribution in [2.24, 2.45) is 0 Å². The van der Waals surface area contributed by atoms with Gasteiger partial charge in [-0.15, -0.1) is 0 Å². The van der Waals surface area contributed by atoms with E-state index in [0.29, 0.717) is 19.0 Å². The summed E-state index contributed by atoms with van der Waals surface area (Å²) in [5.74, 6) is 0.361. The largest absolute Gasteiger partial charge is 0.357 e. The number of H-pyrrole nitrogens is 1. The van der Waals surface area contributed by atoms with E-state index in [1.807, 2.05) is 23.1 Å². The molecule has 1 amide bonds. The van der Waals surface area contributed by atoms with Crippen molar-refractivity contribution >= 4 is 11.9 Å². The van der Waals surface area contributed by atoms with Crippen LogP contribution in [0, 0.1) is 5.82 Å². The number of benzene rings is 1. The Labute approximate surface area is 192 Å². The Morgan fingerprint density at radius 3 is 2.55 bits per heavy atom. The molecule has 2 atom stereocenters. The van der Waals surface area contributed by atoms with E-state index in [9.17, 15) is 9.18 Å². The Morgan fingerprint density at radius 2 is 1.82 bits per heavy atom. The van der Waals surface area contributed by atoms with Crippen molar-refractivity contribution in [1.82, 2.24) is 24.8 Å². The Bertz CT molecular complexity index is 1130. The zero-order chi connectivity index (χ0) is 22.4. The average molecular weight is 447 g/mol. The van der Waals surface area contributed by atoms with Crippen LogP contribution in [0.3, 0.4) is 0 Å². The van der Waals surface area contributed by atoms with Gasteiger partial charge in [0.1, 0.15) is 0 Å². The summed E-state index contributed by atoms with van der Waals surface area (Å²) in [6.07, 6.45) is 5.44. The summed E-state index contributed by atoms with van der Waals surface area (Å²) in [4.78, 5) is 31.5. The Hall–Kier alpha value is -3.26. The molecular formula is C25H27FN6O. The summed E-state index contributed by atoms with van der Waals surface area (Å²) in [5.41, 5.74) is 4.74. The summed E-state index contributed by atoms with van der Waals surface area (Å²) < 4.78 is 13.2. The van der Waals surface area contributed by atoms with Crippen molar-refractivity contribution in [2.45, 2.75) is 37.9 Å². The molecular weight excluding hydrogens is 419 g/mol. The number of aromatic nitrogens is 3. The van der Waals surface area contributed by atoms with Crippen molar-refractivity contribution < 1.29 is 9.18 Å². The van der Waals surface area contributed by atoms with Crippen molar-refractivity contribution in [2.75, 3.05) is 31.1 Å². The molecule has 7 nitrogen and oxygen atoms in total. The molecule has 2 fully saturated rings. The number of fused-ring (bicyclic) bond motifs is 3. The van der Waals surface area contributed by atoms with Crippen LogP contribution < -0.4 is 4.90 Å². The lowest BCUT2D eigenvalue weighted by atomic mass is 10.1. The fraction of sp³-hybridized carbons (Fsp3) is 0.400. The second kappa shape index (κ2) is 8.26. The molecule has 2 aromatic heterocycles. The number of anilines is 1. The highest BCUT2D eigenvalue weighted by Gasteiger charge is 2.42. The van der Waals surface area contributed by atoms with E-state index in [4.69, 9.17) is 0 Å². The van der Waals surface area contributed by atoms with Crippen molar-refractivity contribution in [3.63, 3.8) is 0 Å². The zero-order valence-electron chi connectivity index (χ0n) is 18.5. The van der Waals surface area contributed by atoms with E-state index in [1.54, 1.807) is 0 Å². The number of carbonyl (C=O) groups excluding carboxylic acids is 1. The smallest absolute Gasteiger partial charge is 0.237 e. The van der Waals surface area contributed by atoms with Gasteiger partial charge in [-0.2, -0.15) is 0 Å². The number of halogens is 1. The summed E-state index contributed by atoms with van der Waals surface area (Å²) in [5, 5.41) is 0. The molecule has 0 radical (unpaired) electrons. The molecule has 2 saturated heterocycles. The number of hydrogen-bond acceptors (Lipinski definition) is 5. The lowest BCUT2D eigenvalue weighted by molar-refractivity contribution is -0.133. The van der Waals surface area contributed by atoms with E-state index in [-0.39, 0.29) is 18.0 Å². The highest BCUT2D eigenvalue weighted by Crippen LogP contribution is 2.33. The monoisotopic (exact) mass is 446 g/mol. The van der Waals surface area contributed by atoms with E-state index >= 15 is 0 Å². The van der Waals surface area contributed by atoms with Crippen LogP contribution >= 0.6 is 0 Å². The highest BCUT2D eigenvalue weighted by atomic mass is 19.1. The quantitative estimate of drug-likeness (QED) is 0.668. The third-order valence-electron chi connectivity index (χ3n) is 7.18. The molecule has 2 unspecified atom stereocenters. The lowest BCUT2D eigenvalue weighted by Gasteiger charge is -2.41. The molecule has 170 valence electrons. The van der Waals surface area contributed by atoms with Gasteiger partial charge in [-0.1, -0.05) is 30.3 Å². The molecule has 5 heterocycles. The van der Waals surface area contributed by atoms with Gasteiger partial charge >= 0.3 is 0 Å². The minimum absolute atomic E-state index is 0.183. The molecule has 1 aromatic carbocycles. The van der Waals surface area contributed by atoms with Gasteiger partial charge in [-0.05, 0) is 36.5 Å². The number of rotatable bonds is 4. The third-order valence-corrected chi connectivity index (χ3v) is 7.18. The first-order valence-electron chi connectivity index (χ1n) is 11.7. The first-order chi connectivity index (χ1) is 16.1. The van der Waals surface area contributed by atoms with E-state index in [1.165, 1.54) is 23.5 Å². The van der Waals surface area contributed by atoms with Crippen LogP contribution in [0.25, 0.3) is 11.3 Å². The maximum absolute atomic E-state index is 13.2. The number of hydrogen-bond donors (Lipinski definition) is 1. The van der Waals surface area contributed by atoms with Crippen molar-refractivity contribution in [1.29, 1.82) is 0 Å². The third kappa shape index (κ3) is 3.88. The van der Waals surface area contributed by atoms with Crippen LogP contribution in [0.1, 0.15) is 24.1 Å². The molecule has 3 aromatic rings. The minimum Gasteiger partial charge on any atom is -0.357 e. The zero-order valence-corrected chi connectivity index (χ0v) is 18.5. The van der Waals surface area contributed by atoms with Gasteiger partial charge in [0, 0.05) is 43.1 Å². The standard InChI is InChI=1S/C25H27FN6O/c26-19-11-27-25(28-12-19)32-20-6-7-21(32)14-30(13-20)16-24(33)31-9-8-18-10-22(29-23(18)15-31)17-4-2-1-3-5-17/h1-5,10-12,20-21,29H,6-9,13-16H2. The first-order valence-corrected chi connectivity index (χ1v) is 11.7. The van der Waals surface area contributed by atoms with Crippen LogP contribution in [0.15, 0.2) is 48.8 Å². The molecule has 6 rings (SSSR count). The Morgan fingerprint density at radius 1 is 1.09 bits per heavy atom. The second-order valence-electron chi connectivity index (χ2n) is 9.31. The molecule has 2 bridgehead atoms. The van der Waals surface area contributed by atoms with Gasteiger partial charge < -0.3 is 14.8 Å². The molecule has 3 aliphatic rings. The topological polar surface area (TPSA) is 68.4 Å². The molecule has 33 heavy (non-hydrogen) atoms. The molecule has 0 saturated carbocycles. The van der Waals surface area contributed by atoms with Gasteiger partial charge in [0.05, 0.1) is 25.5 Å². The van der Waals surface area contributed by atoms with Crippen LogP contribution in [0.2, 0.25) is 0 Å². The van der Waals surface area contributed by atoms with Crippen molar-refractivity contribution in [3.8, 4) is 11.3 Å². The fourth-order valence-electron chi connectivity index (χ4n) is 5.59. The van der Waals surface area contributed by atoms with Crippen LogP contribution in [0.4, 0.5) is 10.3 Å². The van der Waals surface area contributed by atoms with E-state index in [0.717, 1.165) is 50.3 Å². The second-order valence-corrected chi connectivity index (χ2v) is 9.31. The van der Waals surface area contributed by atoms with Crippen LogP contribution in [0.5, 0.6) is 0 Å². The van der Waals surface area contributed by atoms with Crippen molar-refractivity contribution in [3.05, 3.63) is 65.9 Å². The molecule has 0 aliphatic carbocycles. The number of likely N-dealkylation sites (tertiary alicyclic amines) is 1. The Kier molecular flexibility index (Phi) is 5.10. The first kappa shape index (κ1) is 20.4. The Balaban J connectivity index is 1.10. The summed E-state index contributed by atoms with van der Waals surface area (Å²) in [6.45, 7) is 3.45. The predicted octanol–water partition coefficient (Wildman–Crippen LogP) is 2.85. The number of piperazine rings is 1. The maximum Gasteiger partial charge on any atom is 0.237 e. The molecule has 0 spiro atoms. The summed E-state index contributed by atoms with van der Waals surface area (Å²) in [6, 6.07) is 13.1. The number of nitrogens with zero attached hydrogens (tertiary/aromatic N) is 5. The number of amides is 1. The summed E-state index contributed by atoms with van der Waals surface area (Å²) in [7, 11) is 0. The lowest BCUT2D eigenvalue weighted by Crippen LogP contribution is -2.56. The maximum atomic E-state index is 13.2. The van der Waals surface area contributed by atoms with E-state index in [2.05, 4.69) is 43.0 Å². The SMILES string of the molecule is O=C(CN1CC2CCC(C1)N2c1ncc(F)cn1)N1CCc2cc(-c3ccccc3)[nH]c2C1. The van der Waals surface area contributed by atoms with Gasteiger partial charge in [0.15, 0.2) is 5.82 Å². The van der Waals surface area contributed by atoms with Crippen LogP contribution in [-0.4, -0.2) is 68.9 Å². The van der Waals surface area contributed by atoms with Gasteiger partial charge in [0.2, 0.25) is 11.9 Å². The minimum atomic E-state index is -0.419. The number of nitrogens with one attached hydrogen (secondary N) is 1. The van der Waals surface area contributed by atoms with Gasteiger partial charge in [-0.3, -0.25) is 9.69 Å². The van der Waals surface area contributed by atoms with E-state index < -0.39 is 5.82 Å². The number of aromatic amines is 1. The fourth-order valence-corrected chi connectivity index (χ4v) is 5.59. The normalized spacial score (nSPS) is 22.5. The number of carbonyl (C=O) groups is 1. The summed E-state index contributed by atoms with van der Waals surface area (Å²) >= 11 is 0. The van der Waals surface area contributed by atoms with Crippen LogP contribution in [-0.2, 0) is 17.8 Å². The predicted molar refractivity (Wildman–Crippen MR) is 123 cm³/mol. The van der Waals surface area contributed by atoms with Gasteiger partial charge in [0.25, 0.3) is 0 Å². The van der Waals surface area contributed by atoms with Gasteiger partial charge in [-0.25, -0.2) is 14.4 Å². The molecule has 3 aliphatic heterocycles. The highest BCUT2D eigenvalue weighted by molar-refractivity contribution is 5.78.